The molecule has 3 aromatic carbocycles. The predicted molar refractivity (Wildman–Crippen MR) is 136 cm³/mol. The molecule has 0 aliphatic carbocycles. The van der Waals surface area contributed by atoms with E-state index in [0.29, 0.717) is 32.0 Å². The molecule has 3 aromatic rings. The lowest BCUT2D eigenvalue weighted by molar-refractivity contribution is -0.137. The average Bonchev–Trinajstić information content (AvgIpc) is 2.86. The quantitative estimate of drug-likeness (QED) is 0.383. The Hall–Kier alpha value is -2.99. The fourth-order valence-corrected chi connectivity index (χ4v) is 5.49. The summed E-state index contributed by atoms with van der Waals surface area (Å²) < 4.78 is 74.9. The van der Waals surface area contributed by atoms with Crippen LogP contribution in [0.1, 0.15) is 15.9 Å². The molecule has 1 aliphatic rings. The number of amides is 1. The first kappa shape index (κ1) is 27.1. The van der Waals surface area contributed by atoms with Crippen molar-refractivity contribution < 1.29 is 31.1 Å². The highest BCUT2D eigenvalue weighted by Crippen LogP contribution is 2.35. The molecule has 0 aromatic heterocycles. The van der Waals surface area contributed by atoms with E-state index in [1.807, 2.05) is 0 Å². The number of halogens is 5. The monoisotopic (exact) mass is 573 g/mol. The first-order valence-electron chi connectivity index (χ1n) is 10.9. The Labute approximate surface area is 221 Å². The van der Waals surface area contributed by atoms with Crippen molar-refractivity contribution in [1.82, 2.24) is 0 Å². The van der Waals surface area contributed by atoms with Crippen LogP contribution in [0.3, 0.4) is 0 Å². The van der Waals surface area contributed by atoms with Crippen molar-refractivity contribution in [2.24, 2.45) is 0 Å². The van der Waals surface area contributed by atoms with E-state index in [0.717, 1.165) is 12.1 Å². The number of rotatable bonds is 6. The summed E-state index contributed by atoms with van der Waals surface area (Å²) in [6.45, 7) is 1.57. The summed E-state index contributed by atoms with van der Waals surface area (Å²) in [5.74, 6) is -1.04. The first-order chi connectivity index (χ1) is 17.5. The molecular weight excluding hydrogens is 554 g/mol. The lowest BCUT2D eigenvalue weighted by Crippen LogP contribution is -2.37. The molecule has 1 saturated heterocycles. The molecule has 0 spiro atoms. The molecule has 13 heteroatoms. The standard InChI is InChI=1S/C24H20Cl2F3N3O4S/c25-15-5-7-19(26)20(13-15)31-37(34,35)22-14-16(6-8-21(22)32-9-11-36-12-10-32)30-23(33)17-3-1-2-4-18(17)24(27,28)29/h1-8,13-14,31H,9-12H2,(H,30,33). The summed E-state index contributed by atoms with van der Waals surface area (Å²) >= 11 is 12.1. The van der Waals surface area contributed by atoms with Gasteiger partial charge in [-0.1, -0.05) is 35.3 Å². The summed E-state index contributed by atoms with van der Waals surface area (Å²) in [6.07, 6.45) is -4.75. The number of carbonyl (C=O) groups is 1. The number of hydrogen-bond donors (Lipinski definition) is 2. The molecule has 196 valence electrons. The molecule has 7 nitrogen and oxygen atoms in total. The van der Waals surface area contributed by atoms with Crippen LogP contribution in [-0.2, 0) is 20.9 Å². The fourth-order valence-electron chi connectivity index (χ4n) is 3.77. The van der Waals surface area contributed by atoms with Gasteiger partial charge in [0.25, 0.3) is 15.9 Å². The van der Waals surface area contributed by atoms with Crippen molar-refractivity contribution >= 4 is 56.2 Å². The molecule has 1 amide bonds. The molecule has 1 fully saturated rings. The van der Waals surface area contributed by atoms with Crippen LogP contribution in [0.5, 0.6) is 0 Å². The van der Waals surface area contributed by atoms with Gasteiger partial charge in [0.15, 0.2) is 0 Å². The second-order valence-electron chi connectivity index (χ2n) is 8.01. The third-order valence-corrected chi connectivity index (χ3v) is 7.47. The number of ether oxygens (including phenoxy) is 1. The zero-order valence-electron chi connectivity index (χ0n) is 19.0. The highest BCUT2D eigenvalue weighted by atomic mass is 35.5. The first-order valence-corrected chi connectivity index (χ1v) is 13.1. The van der Waals surface area contributed by atoms with E-state index in [1.165, 1.54) is 48.5 Å². The molecule has 0 bridgehead atoms. The summed E-state index contributed by atoms with van der Waals surface area (Å²) in [7, 11) is -4.29. The van der Waals surface area contributed by atoms with Gasteiger partial charge in [0.05, 0.1) is 40.7 Å². The van der Waals surface area contributed by atoms with E-state index in [-0.39, 0.29) is 26.3 Å². The van der Waals surface area contributed by atoms with Crippen molar-refractivity contribution in [2.75, 3.05) is 41.2 Å². The lowest BCUT2D eigenvalue weighted by Gasteiger charge is -2.30. The van der Waals surface area contributed by atoms with Crippen molar-refractivity contribution in [2.45, 2.75) is 11.1 Å². The van der Waals surface area contributed by atoms with Crippen LogP contribution >= 0.6 is 23.2 Å². The topological polar surface area (TPSA) is 87.7 Å². The molecule has 0 saturated carbocycles. The van der Waals surface area contributed by atoms with Gasteiger partial charge in [0.1, 0.15) is 4.90 Å². The molecule has 0 atom stereocenters. The zero-order valence-corrected chi connectivity index (χ0v) is 21.3. The SMILES string of the molecule is O=C(Nc1ccc(N2CCOCC2)c(S(=O)(=O)Nc2cc(Cl)ccc2Cl)c1)c1ccccc1C(F)(F)F. The van der Waals surface area contributed by atoms with E-state index in [9.17, 15) is 26.4 Å². The van der Waals surface area contributed by atoms with Crippen molar-refractivity contribution in [1.29, 1.82) is 0 Å². The number of nitrogens with zero attached hydrogens (tertiary/aromatic N) is 1. The molecular formula is C24H20Cl2F3N3O4S. The van der Waals surface area contributed by atoms with Gasteiger partial charge in [-0.2, -0.15) is 13.2 Å². The maximum atomic E-state index is 13.5. The molecule has 0 unspecified atom stereocenters. The fraction of sp³-hybridized carbons (Fsp3) is 0.208. The molecule has 4 rings (SSSR count). The summed E-state index contributed by atoms with van der Waals surface area (Å²) in [5.41, 5.74) is -1.36. The van der Waals surface area contributed by atoms with Gasteiger partial charge >= 0.3 is 6.18 Å². The Bertz CT molecular complexity index is 1430. The van der Waals surface area contributed by atoms with Crippen LogP contribution in [0, 0.1) is 0 Å². The second kappa shape index (κ2) is 10.8. The summed E-state index contributed by atoms with van der Waals surface area (Å²) in [5, 5.41) is 2.73. The number of morpholine rings is 1. The summed E-state index contributed by atoms with van der Waals surface area (Å²) in [4.78, 5) is 14.3. The Balaban J connectivity index is 1.73. The van der Waals surface area contributed by atoms with Crippen molar-refractivity contribution in [3.8, 4) is 0 Å². The smallest absolute Gasteiger partial charge is 0.378 e. The number of carbonyl (C=O) groups excluding carboxylic acids is 1. The van der Waals surface area contributed by atoms with Crippen LogP contribution < -0.4 is 14.9 Å². The van der Waals surface area contributed by atoms with Gasteiger partial charge < -0.3 is 15.0 Å². The largest absolute Gasteiger partial charge is 0.417 e. The third kappa shape index (κ3) is 6.30. The Morgan fingerprint density at radius 2 is 1.68 bits per heavy atom. The normalized spacial score (nSPS) is 14.4. The van der Waals surface area contributed by atoms with E-state index in [2.05, 4.69) is 10.0 Å². The van der Waals surface area contributed by atoms with E-state index >= 15 is 0 Å². The van der Waals surface area contributed by atoms with E-state index in [4.69, 9.17) is 27.9 Å². The number of anilines is 3. The highest BCUT2D eigenvalue weighted by molar-refractivity contribution is 7.93. The van der Waals surface area contributed by atoms with Crippen molar-refractivity contribution in [3.63, 3.8) is 0 Å². The number of benzene rings is 3. The summed E-state index contributed by atoms with van der Waals surface area (Å²) in [6, 6.07) is 12.7. The van der Waals surface area contributed by atoms with Gasteiger partial charge in [-0.15, -0.1) is 0 Å². The van der Waals surface area contributed by atoms with E-state index < -0.39 is 33.2 Å². The van der Waals surface area contributed by atoms with Gasteiger partial charge in [0.2, 0.25) is 0 Å². The Morgan fingerprint density at radius 1 is 0.973 bits per heavy atom. The van der Waals surface area contributed by atoms with Crippen LogP contribution in [0.25, 0.3) is 0 Å². The Kier molecular flexibility index (Phi) is 7.88. The number of sulfonamides is 1. The van der Waals surface area contributed by atoms with E-state index in [1.54, 1.807) is 4.90 Å². The molecule has 1 aliphatic heterocycles. The number of hydrogen-bond acceptors (Lipinski definition) is 5. The number of alkyl halides is 3. The van der Waals surface area contributed by atoms with Crippen LogP contribution in [0.4, 0.5) is 30.2 Å². The minimum atomic E-state index is -4.75. The van der Waals surface area contributed by atoms with Gasteiger partial charge in [-0.25, -0.2) is 8.42 Å². The molecule has 1 heterocycles. The highest BCUT2D eigenvalue weighted by Gasteiger charge is 2.35. The van der Waals surface area contributed by atoms with Crippen molar-refractivity contribution in [3.05, 3.63) is 81.8 Å². The molecule has 2 N–H and O–H groups in total. The zero-order chi connectivity index (χ0) is 26.8. The van der Waals surface area contributed by atoms with Crippen LogP contribution in [0.2, 0.25) is 10.0 Å². The van der Waals surface area contributed by atoms with Crippen LogP contribution in [-0.4, -0.2) is 40.6 Å². The second-order valence-corrected chi connectivity index (χ2v) is 10.5. The molecule has 37 heavy (non-hydrogen) atoms. The lowest BCUT2D eigenvalue weighted by atomic mass is 10.1. The maximum absolute atomic E-state index is 13.5. The Morgan fingerprint density at radius 3 is 2.38 bits per heavy atom. The van der Waals surface area contributed by atoms with Gasteiger partial charge in [-0.05, 0) is 48.5 Å². The third-order valence-electron chi connectivity index (χ3n) is 5.51. The average molecular weight is 574 g/mol. The van der Waals surface area contributed by atoms with Gasteiger partial charge in [0, 0.05) is 23.8 Å². The van der Waals surface area contributed by atoms with Gasteiger partial charge in [-0.3, -0.25) is 9.52 Å². The minimum absolute atomic E-state index is 0.0171. The van der Waals surface area contributed by atoms with Crippen LogP contribution in [0.15, 0.2) is 65.6 Å². The predicted octanol–water partition coefficient (Wildman–Crippen LogP) is 5.90. The molecule has 0 radical (unpaired) electrons. The minimum Gasteiger partial charge on any atom is -0.378 e. The number of nitrogens with one attached hydrogen (secondary N) is 2. The maximum Gasteiger partial charge on any atom is 0.417 e.